The van der Waals surface area contributed by atoms with Gasteiger partial charge in [0.25, 0.3) is 0 Å². The monoisotopic (exact) mass is 908 g/mol. The first kappa shape index (κ1) is 43.9. The Morgan fingerprint density at radius 2 is 0.471 bits per heavy atom. The predicted molar refractivity (Wildman–Crippen MR) is 280 cm³/mol. The molecule has 0 heterocycles. The van der Waals surface area contributed by atoms with E-state index < -0.39 is 24.0 Å². The third-order valence-electron chi connectivity index (χ3n) is 13.6. The molecule has 10 aromatic carbocycles. The van der Waals surface area contributed by atoms with E-state index in [1.165, 1.54) is 0 Å². The van der Waals surface area contributed by atoms with Crippen LogP contribution in [0.25, 0.3) is 44.5 Å². The van der Waals surface area contributed by atoms with E-state index in [9.17, 15) is 20.4 Å². The molecule has 0 bridgehead atoms. The third-order valence-corrected chi connectivity index (χ3v) is 13.6. The number of nitrogens with zero attached hydrogens (tertiary/aromatic N) is 2. The van der Waals surface area contributed by atoms with Crippen molar-refractivity contribution in [3.63, 3.8) is 0 Å². The van der Waals surface area contributed by atoms with Crippen LogP contribution in [0.15, 0.2) is 255 Å². The van der Waals surface area contributed by atoms with Gasteiger partial charge in [-0.25, -0.2) is 0 Å². The van der Waals surface area contributed by atoms with E-state index in [1.807, 2.05) is 84.9 Å². The standard InChI is InChI=1S/C64H48N2O4/c67-59-41-55(65(51-29-21-47(22-30-51)43-13-5-1-6-14-43)52-31-23-48(24-32-52)44-15-7-2-8-16-44)37-39-57(59)61-63(69)62(64(61)70)58-40-38-56(42-60(58)68)66(53-33-25-49(26-34-53)45-17-9-3-10-18-45)54-35-27-50(28-36-54)46-19-11-4-12-20-46/h1-42,61-64,67-68H/q-2. The lowest BCUT2D eigenvalue weighted by molar-refractivity contribution is -0.536. The summed E-state index contributed by atoms with van der Waals surface area (Å²) >= 11 is 0. The van der Waals surface area contributed by atoms with Gasteiger partial charge in [0.15, 0.2) is 0 Å². The van der Waals surface area contributed by atoms with Gasteiger partial charge in [0.05, 0.1) is 0 Å². The molecule has 0 aromatic heterocycles. The van der Waals surface area contributed by atoms with Crippen molar-refractivity contribution in [2.45, 2.75) is 24.0 Å². The lowest BCUT2D eigenvalue weighted by Gasteiger charge is -2.61. The molecule has 0 atom stereocenters. The van der Waals surface area contributed by atoms with Crippen LogP contribution >= 0.6 is 0 Å². The summed E-state index contributed by atoms with van der Waals surface area (Å²) in [6, 6.07) is 84.2. The molecule has 11 rings (SSSR count). The Morgan fingerprint density at radius 1 is 0.257 bits per heavy atom. The average Bonchev–Trinajstić information content (AvgIpc) is 3.42. The van der Waals surface area contributed by atoms with Crippen LogP contribution in [0.1, 0.15) is 23.0 Å². The molecule has 340 valence electrons. The lowest BCUT2D eigenvalue weighted by atomic mass is 9.63. The molecule has 1 aliphatic rings. The van der Waals surface area contributed by atoms with Gasteiger partial charge in [-0.1, -0.05) is 182 Å². The zero-order chi connectivity index (χ0) is 47.6. The highest BCUT2D eigenvalue weighted by Crippen LogP contribution is 2.51. The summed E-state index contributed by atoms with van der Waals surface area (Å²) in [6.07, 6.45) is -2.79. The molecule has 1 saturated carbocycles. The Labute approximate surface area is 408 Å². The molecule has 6 heteroatoms. The Bertz CT molecular complexity index is 2950. The zero-order valence-corrected chi connectivity index (χ0v) is 38.2. The number of benzene rings is 10. The normalized spacial score (nSPS) is 16.3. The molecule has 70 heavy (non-hydrogen) atoms. The maximum atomic E-state index is 14.2. The topological polar surface area (TPSA) is 93.1 Å². The second-order valence-corrected chi connectivity index (χ2v) is 17.8. The molecule has 1 aliphatic carbocycles. The van der Waals surface area contributed by atoms with Gasteiger partial charge < -0.3 is 30.2 Å². The third kappa shape index (κ3) is 8.58. The molecule has 0 saturated heterocycles. The number of hydrogen-bond acceptors (Lipinski definition) is 6. The Kier molecular flexibility index (Phi) is 12.0. The minimum absolute atomic E-state index is 0.124. The van der Waals surface area contributed by atoms with E-state index in [-0.39, 0.29) is 11.5 Å². The van der Waals surface area contributed by atoms with Gasteiger partial charge in [-0.2, -0.15) is 0 Å². The van der Waals surface area contributed by atoms with Crippen molar-refractivity contribution in [3.05, 3.63) is 266 Å². The van der Waals surface area contributed by atoms with Crippen LogP contribution < -0.4 is 20.0 Å². The molecular formula is C64H48N2O4-2. The van der Waals surface area contributed by atoms with Gasteiger partial charge in [0.1, 0.15) is 11.5 Å². The molecule has 1 fully saturated rings. The SMILES string of the molecule is [O-]C1C(c2ccc(N(c3ccc(-c4ccccc4)cc3)c3ccc(-c4ccccc4)cc3)cc2O)C([O-])C1c1ccc(N(c2ccc(-c3ccccc3)cc2)c2ccc(-c3ccccc3)cc2)cc1O. The van der Waals surface area contributed by atoms with Gasteiger partial charge in [0.2, 0.25) is 0 Å². The predicted octanol–water partition coefficient (Wildman–Crippen LogP) is 14.0. The molecule has 0 unspecified atom stereocenters. The van der Waals surface area contributed by atoms with E-state index in [0.717, 1.165) is 67.3 Å². The number of phenols is 2. The molecule has 0 radical (unpaired) electrons. The van der Waals surface area contributed by atoms with E-state index in [2.05, 4.69) is 155 Å². The second-order valence-electron chi connectivity index (χ2n) is 17.8. The molecular weight excluding hydrogens is 861 g/mol. The van der Waals surface area contributed by atoms with Crippen molar-refractivity contribution in [2.75, 3.05) is 9.80 Å². The summed E-state index contributed by atoms with van der Waals surface area (Å²) < 4.78 is 0. The molecule has 2 N–H and O–H groups in total. The minimum Gasteiger partial charge on any atom is -0.851 e. The number of anilines is 6. The maximum Gasteiger partial charge on any atom is 0.121 e. The molecule has 10 aromatic rings. The number of hydrogen-bond donors (Lipinski definition) is 2. The summed E-state index contributed by atoms with van der Waals surface area (Å²) in [4.78, 5) is 4.11. The lowest BCUT2D eigenvalue weighted by Crippen LogP contribution is -2.63. The van der Waals surface area contributed by atoms with Crippen LogP contribution in [-0.2, 0) is 0 Å². The van der Waals surface area contributed by atoms with Crippen molar-refractivity contribution in [2.24, 2.45) is 0 Å². The number of aromatic hydroxyl groups is 2. The first-order valence-electron chi connectivity index (χ1n) is 23.6. The van der Waals surface area contributed by atoms with Crippen molar-refractivity contribution in [1.29, 1.82) is 0 Å². The van der Waals surface area contributed by atoms with Crippen molar-refractivity contribution < 1.29 is 20.4 Å². The quantitative estimate of drug-likeness (QED) is 0.127. The van der Waals surface area contributed by atoms with E-state index >= 15 is 0 Å². The highest BCUT2D eigenvalue weighted by Gasteiger charge is 2.41. The highest BCUT2D eigenvalue weighted by molar-refractivity contribution is 5.82. The zero-order valence-electron chi connectivity index (χ0n) is 38.2. The highest BCUT2D eigenvalue weighted by atomic mass is 16.3. The fraction of sp³-hybridized carbons (Fsp3) is 0.0625. The van der Waals surface area contributed by atoms with Crippen molar-refractivity contribution >= 4 is 34.1 Å². The van der Waals surface area contributed by atoms with E-state index in [4.69, 9.17) is 0 Å². The summed E-state index contributed by atoms with van der Waals surface area (Å²) in [6.45, 7) is 0. The first-order valence-corrected chi connectivity index (χ1v) is 23.6. The van der Waals surface area contributed by atoms with E-state index in [0.29, 0.717) is 22.5 Å². The van der Waals surface area contributed by atoms with Crippen LogP contribution in [0.3, 0.4) is 0 Å². The molecule has 0 amide bonds. The summed E-state index contributed by atoms with van der Waals surface area (Å²) in [5.74, 6) is -2.27. The van der Waals surface area contributed by atoms with Gasteiger partial charge in [-0.05, 0) is 128 Å². The molecule has 0 aliphatic heterocycles. The fourth-order valence-electron chi connectivity index (χ4n) is 9.92. The largest absolute Gasteiger partial charge is 0.851 e. The summed E-state index contributed by atoms with van der Waals surface area (Å²) in [5, 5.41) is 51.9. The summed E-state index contributed by atoms with van der Waals surface area (Å²) in [7, 11) is 0. The summed E-state index contributed by atoms with van der Waals surface area (Å²) in [5.41, 5.74) is 14.2. The maximum absolute atomic E-state index is 14.2. The number of rotatable bonds is 12. The minimum atomic E-state index is -1.39. The molecule has 0 spiro atoms. The van der Waals surface area contributed by atoms with Crippen LogP contribution in [-0.4, -0.2) is 22.4 Å². The fourth-order valence-corrected chi connectivity index (χ4v) is 9.92. The van der Waals surface area contributed by atoms with Crippen molar-refractivity contribution in [3.8, 4) is 56.0 Å². The van der Waals surface area contributed by atoms with E-state index in [1.54, 1.807) is 24.3 Å². The Hall–Kier alpha value is -8.68. The average molecular weight is 909 g/mol. The van der Waals surface area contributed by atoms with Gasteiger partial charge >= 0.3 is 0 Å². The van der Waals surface area contributed by atoms with Gasteiger partial charge in [0, 0.05) is 46.3 Å². The Balaban J connectivity index is 0.875. The second kappa shape index (κ2) is 19.1. The smallest absolute Gasteiger partial charge is 0.121 e. The van der Waals surface area contributed by atoms with Crippen LogP contribution in [0.2, 0.25) is 0 Å². The number of phenolic OH excluding ortho intramolecular Hbond substituents is 2. The molecule has 6 nitrogen and oxygen atoms in total. The van der Waals surface area contributed by atoms with Crippen LogP contribution in [0, 0.1) is 0 Å². The first-order chi connectivity index (χ1) is 34.4. The van der Waals surface area contributed by atoms with Gasteiger partial charge in [-0.15, -0.1) is 12.2 Å². The van der Waals surface area contributed by atoms with Crippen molar-refractivity contribution in [1.82, 2.24) is 0 Å². The van der Waals surface area contributed by atoms with Crippen LogP contribution in [0.5, 0.6) is 11.5 Å². The van der Waals surface area contributed by atoms with Gasteiger partial charge in [-0.3, -0.25) is 0 Å². The Morgan fingerprint density at radius 3 is 0.700 bits per heavy atom. The van der Waals surface area contributed by atoms with Crippen LogP contribution in [0.4, 0.5) is 34.1 Å².